The maximum Gasteiger partial charge on any atom is 0.271 e. The number of halogens is 1. The molecule has 0 fully saturated rings. The van der Waals surface area contributed by atoms with E-state index < -0.39 is 0 Å². The minimum absolute atomic E-state index is 0. The van der Waals surface area contributed by atoms with Crippen LogP contribution in [0.2, 0.25) is 0 Å². The zero-order chi connectivity index (χ0) is 17.9. The molecule has 1 aromatic carbocycles. The summed E-state index contributed by atoms with van der Waals surface area (Å²) in [6.07, 6.45) is 1.08. The number of nitro groups is 1. The Morgan fingerprint density at radius 1 is 1.32 bits per heavy atom. The first kappa shape index (κ1) is 21.8. The molecule has 0 saturated carbocycles. The number of nitro benzene ring substituents is 1. The van der Waals surface area contributed by atoms with Gasteiger partial charge in [-0.05, 0) is 30.7 Å². The highest BCUT2D eigenvalue weighted by Gasteiger charge is 2.26. The molecule has 140 valence electrons. The smallest absolute Gasteiger partial charge is 0.271 e. The fraction of sp³-hybridized carbons (Fsp3) is 0.611. The molecule has 0 spiro atoms. The van der Waals surface area contributed by atoms with Gasteiger partial charge in [-0.25, -0.2) is 0 Å². The Bertz CT molecular complexity index is 635. The third-order valence-corrected chi connectivity index (χ3v) is 5.05. The van der Waals surface area contributed by atoms with Crippen LogP contribution in [-0.4, -0.2) is 28.4 Å². The number of aliphatic imine (C=N–C) groups is 1. The molecule has 1 aliphatic rings. The molecular formula is C18H28ClN3O2S. The summed E-state index contributed by atoms with van der Waals surface area (Å²) in [5.41, 5.74) is 2.07. The number of hydrogen-bond donors (Lipinski definition) is 0. The van der Waals surface area contributed by atoms with Crippen LogP contribution in [0.4, 0.5) is 11.4 Å². The van der Waals surface area contributed by atoms with Crippen LogP contribution in [0.3, 0.4) is 0 Å². The number of nitrogens with zero attached hydrogens (tertiary/aromatic N) is 3. The van der Waals surface area contributed by atoms with Gasteiger partial charge in [-0.3, -0.25) is 15.1 Å². The van der Waals surface area contributed by atoms with Crippen LogP contribution in [0.25, 0.3) is 0 Å². The van der Waals surface area contributed by atoms with Crippen LogP contribution in [0.1, 0.15) is 39.7 Å². The van der Waals surface area contributed by atoms with Crippen LogP contribution in [0.15, 0.2) is 23.2 Å². The third kappa shape index (κ3) is 5.89. The Balaban J connectivity index is 0.00000312. The predicted molar refractivity (Wildman–Crippen MR) is 110 cm³/mol. The lowest BCUT2D eigenvalue weighted by Crippen LogP contribution is -2.32. The highest BCUT2D eigenvalue weighted by molar-refractivity contribution is 8.14. The molecule has 0 aliphatic carbocycles. The highest BCUT2D eigenvalue weighted by atomic mass is 35.5. The summed E-state index contributed by atoms with van der Waals surface area (Å²) >= 11 is 1.77. The van der Waals surface area contributed by atoms with Gasteiger partial charge in [-0.1, -0.05) is 45.5 Å². The van der Waals surface area contributed by atoms with E-state index in [2.05, 4.69) is 32.6 Å². The van der Waals surface area contributed by atoms with Gasteiger partial charge in [0.25, 0.3) is 5.69 Å². The predicted octanol–water partition coefficient (Wildman–Crippen LogP) is 5.30. The van der Waals surface area contributed by atoms with Crippen LogP contribution < -0.4 is 4.90 Å². The lowest BCUT2D eigenvalue weighted by atomic mass is 10.1. The molecule has 0 saturated heterocycles. The van der Waals surface area contributed by atoms with E-state index in [1.165, 1.54) is 0 Å². The van der Waals surface area contributed by atoms with Gasteiger partial charge in [0, 0.05) is 24.4 Å². The SMILES string of the molecule is Cc1ccc([N+](=O)[O-])cc1N(CC(C)C)C1=N[C@H](CC(C)C)CS1.Cl. The van der Waals surface area contributed by atoms with Gasteiger partial charge in [-0.15, -0.1) is 12.4 Å². The molecule has 1 aliphatic heterocycles. The molecule has 0 radical (unpaired) electrons. The Morgan fingerprint density at radius 2 is 2.00 bits per heavy atom. The first-order chi connectivity index (χ1) is 11.3. The van der Waals surface area contributed by atoms with Gasteiger partial charge in [0.05, 0.1) is 16.7 Å². The second-order valence-corrected chi connectivity index (χ2v) is 8.23. The number of amidine groups is 1. The van der Waals surface area contributed by atoms with Crippen molar-refractivity contribution in [2.45, 2.75) is 47.1 Å². The van der Waals surface area contributed by atoms with Gasteiger partial charge >= 0.3 is 0 Å². The molecule has 25 heavy (non-hydrogen) atoms. The minimum Gasteiger partial charge on any atom is -0.320 e. The summed E-state index contributed by atoms with van der Waals surface area (Å²) < 4.78 is 0. The van der Waals surface area contributed by atoms with E-state index in [-0.39, 0.29) is 23.0 Å². The number of benzene rings is 1. The van der Waals surface area contributed by atoms with E-state index in [9.17, 15) is 10.1 Å². The Labute approximate surface area is 160 Å². The molecule has 2 rings (SSSR count). The zero-order valence-corrected chi connectivity index (χ0v) is 17.2. The zero-order valence-electron chi connectivity index (χ0n) is 15.6. The molecule has 7 heteroatoms. The standard InChI is InChI=1S/C18H27N3O2S.ClH/c1-12(2)8-15-11-24-18(19-15)20(10-13(3)4)17-9-16(21(22)23)7-6-14(17)5;/h6-7,9,12-13,15H,8,10-11H2,1-5H3;1H/t15-;/m1./s1. The number of hydrogen-bond acceptors (Lipinski definition) is 5. The number of anilines is 1. The summed E-state index contributed by atoms with van der Waals surface area (Å²) in [6.45, 7) is 11.6. The van der Waals surface area contributed by atoms with Crippen LogP contribution >= 0.6 is 24.2 Å². The van der Waals surface area contributed by atoms with Crippen molar-refractivity contribution in [1.82, 2.24) is 0 Å². The normalized spacial score (nSPS) is 16.8. The Morgan fingerprint density at radius 3 is 2.56 bits per heavy atom. The number of aryl methyl sites for hydroxylation is 1. The van der Waals surface area contributed by atoms with E-state index in [0.717, 1.165) is 35.1 Å². The van der Waals surface area contributed by atoms with Gasteiger partial charge in [0.1, 0.15) is 0 Å². The quantitative estimate of drug-likeness (QED) is 0.492. The lowest BCUT2D eigenvalue weighted by Gasteiger charge is -2.27. The Hall–Kier alpha value is -1.27. The summed E-state index contributed by atoms with van der Waals surface area (Å²) in [6, 6.07) is 5.42. The maximum atomic E-state index is 11.2. The van der Waals surface area contributed by atoms with Crippen molar-refractivity contribution in [2.75, 3.05) is 17.2 Å². The van der Waals surface area contributed by atoms with Crippen molar-refractivity contribution in [2.24, 2.45) is 16.8 Å². The molecule has 1 atom stereocenters. The van der Waals surface area contributed by atoms with Crippen molar-refractivity contribution in [3.63, 3.8) is 0 Å². The topological polar surface area (TPSA) is 58.7 Å². The first-order valence-corrected chi connectivity index (χ1v) is 9.49. The number of thioether (sulfide) groups is 1. The fourth-order valence-electron chi connectivity index (χ4n) is 2.86. The summed E-state index contributed by atoms with van der Waals surface area (Å²) in [5.74, 6) is 2.06. The molecule has 1 aromatic rings. The lowest BCUT2D eigenvalue weighted by molar-refractivity contribution is -0.384. The van der Waals surface area contributed by atoms with Crippen LogP contribution in [0, 0.1) is 28.9 Å². The highest BCUT2D eigenvalue weighted by Crippen LogP contribution is 2.32. The van der Waals surface area contributed by atoms with Crippen molar-refractivity contribution in [1.29, 1.82) is 0 Å². The van der Waals surface area contributed by atoms with E-state index >= 15 is 0 Å². The first-order valence-electron chi connectivity index (χ1n) is 8.51. The minimum atomic E-state index is -0.332. The largest absolute Gasteiger partial charge is 0.320 e. The van der Waals surface area contributed by atoms with Crippen molar-refractivity contribution in [3.05, 3.63) is 33.9 Å². The molecule has 0 bridgehead atoms. The second kappa shape index (κ2) is 9.43. The van der Waals surface area contributed by atoms with E-state index in [1.807, 2.05) is 13.0 Å². The van der Waals surface area contributed by atoms with Gasteiger partial charge in [0.15, 0.2) is 5.17 Å². The maximum absolute atomic E-state index is 11.2. The van der Waals surface area contributed by atoms with Gasteiger partial charge in [0.2, 0.25) is 0 Å². The molecule has 1 heterocycles. The van der Waals surface area contributed by atoms with E-state index in [0.29, 0.717) is 17.9 Å². The number of rotatable bonds is 6. The average Bonchev–Trinajstić information content (AvgIpc) is 2.92. The van der Waals surface area contributed by atoms with E-state index in [4.69, 9.17) is 4.99 Å². The molecule has 0 aromatic heterocycles. The van der Waals surface area contributed by atoms with Gasteiger partial charge < -0.3 is 4.90 Å². The molecule has 0 unspecified atom stereocenters. The summed E-state index contributed by atoms with van der Waals surface area (Å²) in [7, 11) is 0. The second-order valence-electron chi connectivity index (χ2n) is 7.24. The average molecular weight is 386 g/mol. The van der Waals surface area contributed by atoms with Crippen molar-refractivity contribution < 1.29 is 4.92 Å². The number of non-ortho nitro benzene ring substituents is 1. The van der Waals surface area contributed by atoms with Crippen molar-refractivity contribution in [3.8, 4) is 0 Å². The van der Waals surface area contributed by atoms with E-state index in [1.54, 1.807) is 23.9 Å². The Kier molecular flexibility index (Phi) is 8.22. The van der Waals surface area contributed by atoms with Crippen LogP contribution in [-0.2, 0) is 0 Å². The third-order valence-electron chi connectivity index (χ3n) is 3.91. The monoisotopic (exact) mass is 385 g/mol. The molecule has 0 amide bonds. The molecule has 5 nitrogen and oxygen atoms in total. The summed E-state index contributed by atoms with van der Waals surface area (Å²) in [5, 5.41) is 12.2. The summed E-state index contributed by atoms with van der Waals surface area (Å²) in [4.78, 5) is 17.9. The molecule has 0 N–H and O–H groups in total. The fourth-order valence-corrected chi connectivity index (χ4v) is 3.97. The van der Waals surface area contributed by atoms with Crippen molar-refractivity contribution >= 4 is 40.7 Å². The van der Waals surface area contributed by atoms with Crippen LogP contribution in [0.5, 0.6) is 0 Å². The van der Waals surface area contributed by atoms with Gasteiger partial charge in [-0.2, -0.15) is 0 Å². The molecular weight excluding hydrogens is 358 g/mol.